The van der Waals surface area contributed by atoms with Crippen LogP contribution in [0, 0.1) is 6.92 Å². The molecule has 0 bridgehead atoms. The van der Waals surface area contributed by atoms with Gasteiger partial charge in [-0.05, 0) is 43.5 Å². The van der Waals surface area contributed by atoms with E-state index in [1.54, 1.807) is 0 Å². The van der Waals surface area contributed by atoms with Gasteiger partial charge in [-0.15, -0.1) is 0 Å². The van der Waals surface area contributed by atoms with Crippen LogP contribution in [0.15, 0.2) is 22.7 Å². The van der Waals surface area contributed by atoms with Crippen molar-refractivity contribution in [2.24, 2.45) is 0 Å². The smallest absolute Gasteiger partial charge is 0.0323 e. The Hall–Kier alpha value is -0.340. The average molecular weight is 340 g/mol. The van der Waals surface area contributed by atoms with E-state index >= 15 is 0 Å². The predicted molar refractivity (Wildman–Crippen MR) is 93.3 cm³/mol. The molecule has 0 aliphatic rings. The zero-order chi connectivity index (χ0) is 14.8. The highest BCUT2D eigenvalue weighted by atomic mass is 79.9. The molecule has 1 aromatic carbocycles. The monoisotopic (exact) mass is 339 g/mol. The normalized spacial score (nSPS) is 12.6. The molecule has 1 aromatic rings. The molecule has 0 fully saturated rings. The Labute approximate surface area is 133 Å². The van der Waals surface area contributed by atoms with Gasteiger partial charge in [-0.25, -0.2) is 0 Å². The van der Waals surface area contributed by atoms with Gasteiger partial charge in [-0.1, -0.05) is 74.0 Å². The molecule has 0 amide bonds. The number of hydrogen-bond acceptors (Lipinski definition) is 1. The molecule has 0 spiro atoms. The molecule has 114 valence electrons. The van der Waals surface area contributed by atoms with Gasteiger partial charge in [0.1, 0.15) is 0 Å². The van der Waals surface area contributed by atoms with Crippen molar-refractivity contribution < 1.29 is 0 Å². The van der Waals surface area contributed by atoms with E-state index in [9.17, 15) is 0 Å². The summed E-state index contributed by atoms with van der Waals surface area (Å²) in [5.41, 5.74) is 2.85. The zero-order valence-corrected chi connectivity index (χ0v) is 14.9. The summed E-state index contributed by atoms with van der Waals surface area (Å²) in [7, 11) is 0. The lowest BCUT2D eigenvalue weighted by molar-refractivity contribution is 0.466. The predicted octanol–water partition coefficient (Wildman–Crippen LogP) is 6.16. The Kier molecular flexibility index (Phi) is 9.21. The number of rotatable bonds is 10. The van der Waals surface area contributed by atoms with E-state index in [1.807, 2.05) is 0 Å². The van der Waals surface area contributed by atoms with Gasteiger partial charge in [0, 0.05) is 10.5 Å². The van der Waals surface area contributed by atoms with Crippen LogP contribution in [-0.4, -0.2) is 6.54 Å². The Morgan fingerprint density at radius 3 is 2.50 bits per heavy atom. The third kappa shape index (κ3) is 5.97. The molecule has 0 heterocycles. The standard InChI is InChI=1S/C18H30BrN/c1-4-6-7-8-9-13-18(20-14-5-2)16-11-10-12-17(19)15(16)3/h10-12,18,20H,4-9,13-14H2,1-3H3. The van der Waals surface area contributed by atoms with Crippen LogP contribution in [0.2, 0.25) is 0 Å². The summed E-state index contributed by atoms with van der Waals surface area (Å²) < 4.78 is 1.23. The Balaban J connectivity index is 2.61. The van der Waals surface area contributed by atoms with E-state index < -0.39 is 0 Å². The van der Waals surface area contributed by atoms with Crippen molar-refractivity contribution in [3.8, 4) is 0 Å². The first-order chi connectivity index (χ1) is 9.70. The van der Waals surface area contributed by atoms with Crippen molar-refractivity contribution in [2.75, 3.05) is 6.54 Å². The summed E-state index contributed by atoms with van der Waals surface area (Å²) in [6.45, 7) is 7.83. The van der Waals surface area contributed by atoms with Crippen molar-refractivity contribution in [3.63, 3.8) is 0 Å². The molecule has 0 saturated carbocycles. The first-order valence-electron chi connectivity index (χ1n) is 8.19. The van der Waals surface area contributed by atoms with Crippen LogP contribution in [0.4, 0.5) is 0 Å². The first kappa shape index (κ1) is 17.7. The maximum Gasteiger partial charge on any atom is 0.0323 e. The highest BCUT2D eigenvalue weighted by Gasteiger charge is 2.13. The molecular formula is C18H30BrN. The largest absolute Gasteiger partial charge is 0.310 e. The lowest BCUT2D eigenvalue weighted by Crippen LogP contribution is -2.23. The summed E-state index contributed by atoms with van der Waals surface area (Å²) in [6, 6.07) is 7.08. The SMILES string of the molecule is CCCCCCCC(NCCC)c1cccc(Br)c1C. The minimum absolute atomic E-state index is 0.508. The molecule has 0 aliphatic carbocycles. The Morgan fingerprint density at radius 1 is 1.05 bits per heavy atom. The van der Waals surface area contributed by atoms with E-state index in [2.05, 4.69) is 60.2 Å². The number of nitrogens with one attached hydrogen (secondary N) is 1. The maximum atomic E-state index is 3.72. The summed E-state index contributed by atoms with van der Waals surface area (Å²) in [6.07, 6.45) is 9.22. The van der Waals surface area contributed by atoms with Crippen molar-refractivity contribution in [1.82, 2.24) is 5.32 Å². The number of unbranched alkanes of at least 4 members (excludes halogenated alkanes) is 4. The number of benzene rings is 1. The van der Waals surface area contributed by atoms with Gasteiger partial charge in [-0.3, -0.25) is 0 Å². The molecule has 20 heavy (non-hydrogen) atoms. The minimum atomic E-state index is 0.508. The van der Waals surface area contributed by atoms with Crippen LogP contribution >= 0.6 is 15.9 Å². The van der Waals surface area contributed by atoms with Crippen molar-refractivity contribution in [1.29, 1.82) is 0 Å². The molecule has 0 saturated heterocycles. The van der Waals surface area contributed by atoms with E-state index in [0.717, 1.165) is 6.54 Å². The summed E-state index contributed by atoms with van der Waals surface area (Å²) in [5.74, 6) is 0. The molecule has 0 aromatic heterocycles. The van der Waals surface area contributed by atoms with Crippen molar-refractivity contribution in [2.45, 2.75) is 71.8 Å². The molecule has 2 heteroatoms. The fourth-order valence-corrected chi connectivity index (χ4v) is 3.02. The van der Waals surface area contributed by atoms with Gasteiger partial charge in [0.2, 0.25) is 0 Å². The Bertz CT molecular complexity index is 376. The third-order valence-corrected chi connectivity index (χ3v) is 4.78. The third-order valence-electron chi connectivity index (χ3n) is 3.92. The van der Waals surface area contributed by atoms with Crippen molar-refractivity contribution >= 4 is 15.9 Å². The van der Waals surface area contributed by atoms with E-state index in [1.165, 1.54) is 60.5 Å². The summed E-state index contributed by atoms with van der Waals surface area (Å²) in [5, 5.41) is 3.72. The average Bonchev–Trinajstić information content (AvgIpc) is 2.45. The zero-order valence-electron chi connectivity index (χ0n) is 13.3. The van der Waals surface area contributed by atoms with Gasteiger partial charge in [0.25, 0.3) is 0 Å². The van der Waals surface area contributed by atoms with Gasteiger partial charge in [-0.2, -0.15) is 0 Å². The highest BCUT2D eigenvalue weighted by molar-refractivity contribution is 9.10. The Morgan fingerprint density at radius 2 is 1.80 bits per heavy atom. The molecular weight excluding hydrogens is 310 g/mol. The first-order valence-corrected chi connectivity index (χ1v) is 8.98. The van der Waals surface area contributed by atoms with E-state index in [-0.39, 0.29) is 0 Å². The molecule has 1 rings (SSSR count). The van der Waals surface area contributed by atoms with Gasteiger partial charge in [0.15, 0.2) is 0 Å². The second-order valence-electron chi connectivity index (χ2n) is 5.66. The molecule has 1 nitrogen and oxygen atoms in total. The van der Waals surface area contributed by atoms with Crippen LogP contribution in [0.3, 0.4) is 0 Å². The maximum absolute atomic E-state index is 3.72. The van der Waals surface area contributed by atoms with Crippen LogP contribution < -0.4 is 5.32 Å². The summed E-state index contributed by atoms with van der Waals surface area (Å²) in [4.78, 5) is 0. The van der Waals surface area contributed by atoms with Crippen LogP contribution in [0.5, 0.6) is 0 Å². The number of halogens is 1. The van der Waals surface area contributed by atoms with Crippen LogP contribution in [0.25, 0.3) is 0 Å². The fraction of sp³-hybridized carbons (Fsp3) is 0.667. The van der Waals surface area contributed by atoms with E-state index in [4.69, 9.17) is 0 Å². The molecule has 1 N–H and O–H groups in total. The fourth-order valence-electron chi connectivity index (χ4n) is 2.64. The number of hydrogen-bond donors (Lipinski definition) is 1. The quantitative estimate of drug-likeness (QED) is 0.503. The second kappa shape index (κ2) is 10.4. The van der Waals surface area contributed by atoms with Gasteiger partial charge >= 0.3 is 0 Å². The minimum Gasteiger partial charge on any atom is -0.310 e. The molecule has 1 unspecified atom stereocenters. The van der Waals surface area contributed by atoms with Gasteiger partial charge < -0.3 is 5.32 Å². The highest BCUT2D eigenvalue weighted by Crippen LogP contribution is 2.28. The van der Waals surface area contributed by atoms with Crippen LogP contribution in [-0.2, 0) is 0 Å². The summed E-state index contributed by atoms with van der Waals surface area (Å²) >= 11 is 3.66. The van der Waals surface area contributed by atoms with Crippen LogP contribution in [0.1, 0.15) is 76.0 Å². The lowest BCUT2D eigenvalue weighted by atomic mass is 9.96. The lowest BCUT2D eigenvalue weighted by Gasteiger charge is -2.21. The topological polar surface area (TPSA) is 12.0 Å². The molecule has 0 radical (unpaired) electrons. The van der Waals surface area contributed by atoms with E-state index in [0.29, 0.717) is 6.04 Å². The van der Waals surface area contributed by atoms with Gasteiger partial charge in [0.05, 0.1) is 0 Å². The molecule has 0 aliphatic heterocycles. The molecule has 1 atom stereocenters. The second-order valence-corrected chi connectivity index (χ2v) is 6.52. The van der Waals surface area contributed by atoms with Crippen molar-refractivity contribution in [3.05, 3.63) is 33.8 Å².